The molecule has 4 rings (SSSR count). The lowest BCUT2D eigenvalue weighted by molar-refractivity contribution is 0.297. The van der Waals surface area contributed by atoms with Crippen LogP contribution in [0.3, 0.4) is 0 Å². The first-order chi connectivity index (χ1) is 15.2. The topological polar surface area (TPSA) is 52.1 Å². The summed E-state index contributed by atoms with van der Waals surface area (Å²) < 4.78 is 14.1. The Morgan fingerprint density at radius 1 is 1.00 bits per heavy atom. The van der Waals surface area contributed by atoms with E-state index < -0.39 is 0 Å². The predicted octanol–water partition coefficient (Wildman–Crippen LogP) is 6.09. The first-order valence-corrected chi connectivity index (χ1v) is 10.7. The van der Waals surface area contributed by atoms with Gasteiger partial charge in [0.25, 0.3) is 0 Å². The third kappa shape index (κ3) is 4.98. The summed E-state index contributed by atoms with van der Waals surface area (Å²) in [6.07, 6.45) is 0.861. The summed E-state index contributed by atoms with van der Waals surface area (Å²) in [6, 6.07) is 23.6. The highest BCUT2D eigenvalue weighted by Crippen LogP contribution is 2.29. The molecule has 0 aliphatic rings. The molecule has 0 atom stereocenters. The highest BCUT2D eigenvalue weighted by Gasteiger charge is 2.13. The van der Waals surface area contributed by atoms with Gasteiger partial charge in [-0.1, -0.05) is 54.1 Å². The number of ether oxygens (including phenoxy) is 2. The van der Waals surface area contributed by atoms with Crippen LogP contribution in [-0.2, 0) is 19.6 Å². The predicted molar refractivity (Wildman–Crippen MR) is 125 cm³/mol. The fourth-order valence-corrected chi connectivity index (χ4v) is 3.79. The molecule has 0 saturated heterocycles. The van der Waals surface area contributed by atoms with Crippen molar-refractivity contribution in [1.29, 1.82) is 0 Å². The van der Waals surface area contributed by atoms with E-state index in [1.165, 1.54) is 5.56 Å². The molecule has 3 aromatic carbocycles. The van der Waals surface area contributed by atoms with E-state index in [4.69, 9.17) is 33.3 Å². The Kier molecular flexibility index (Phi) is 6.70. The fourth-order valence-electron chi connectivity index (χ4n) is 3.38. The number of H-pyrrole nitrogens is 1. The molecule has 1 N–H and O–H groups in total. The second kappa shape index (κ2) is 9.81. The summed E-state index contributed by atoms with van der Waals surface area (Å²) in [5.41, 5.74) is 3.07. The molecule has 0 radical (unpaired) electrons. The van der Waals surface area contributed by atoms with Gasteiger partial charge in [-0.25, -0.2) is 0 Å². The van der Waals surface area contributed by atoms with Crippen LogP contribution in [0, 0.1) is 4.77 Å². The van der Waals surface area contributed by atoms with Crippen LogP contribution in [0.5, 0.6) is 11.5 Å². The van der Waals surface area contributed by atoms with Crippen molar-refractivity contribution in [3.05, 3.63) is 93.7 Å². The molecule has 1 aromatic heterocycles. The number of hydrogen-bond donors (Lipinski definition) is 1. The fraction of sp³-hybridized carbons (Fsp3) is 0.167. The SMILES string of the molecule is COc1ccc(-c2n[nH]c(=S)n2CCc2ccccc2)cc1COc1ccccc1Cl. The zero-order chi connectivity index (χ0) is 21.6. The Balaban J connectivity index is 1.59. The van der Waals surface area contributed by atoms with Crippen molar-refractivity contribution < 1.29 is 9.47 Å². The van der Waals surface area contributed by atoms with Crippen molar-refractivity contribution in [2.75, 3.05) is 7.11 Å². The van der Waals surface area contributed by atoms with E-state index in [0.717, 1.165) is 35.7 Å². The lowest BCUT2D eigenvalue weighted by atomic mass is 10.1. The van der Waals surface area contributed by atoms with E-state index in [1.807, 2.05) is 59.2 Å². The average molecular weight is 452 g/mol. The number of aromatic nitrogens is 3. The number of hydrogen-bond acceptors (Lipinski definition) is 4. The van der Waals surface area contributed by atoms with Gasteiger partial charge < -0.3 is 9.47 Å². The highest BCUT2D eigenvalue weighted by molar-refractivity contribution is 7.71. The van der Waals surface area contributed by atoms with Crippen molar-refractivity contribution in [3.8, 4) is 22.9 Å². The van der Waals surface area contributed by atoms with Gasteiger partial charge in [0, 0.05) is 17.7 Å². The van der Waals surface area contributed by atoms with Gasteiger partial charge >= 0.3 is 0 Å². The van der Waals surface area contributed by atoms with Crippen molar-refractivity contribution in [3.63, 3.8) is 0 Å². The maximum Gasteiger partial charge on any atom is 0.195 e. The lowest BCUT2D eigenvalue weighted by Gasteiger charge is -2.13. The molecule has 0 aliphatic heterocycles. The van der Waals surface area contributed by atoms with Gasteiger partial charge in [0.05, 0.1) is 12.1 Å². The number of nitrogens with one attached hydrogen (secondary N) is 1. The van der Waals surface area contributed by atoms with E-state index in [1.54, 1.807) is 13.2 Å². The first-order valence-electron chi connectivity index (χ1n) is 9.89. The smallest absolute Gasteiger partial charge is 0.195 e. The highest BCUT2D eigenvalue weighted by atomic mass is 35.5. The van der Waals surface area contributed by atoms with Crippen LogP contribution < -0.4 is 9.47 Å². The molecule has 31 heavy (non-hydrogen) atoms. The summed E-state index contributed by atoms with van der Waals surface area (Å²) in [6.45, 7) is 1.04. The van der Waals surface area contributed by atoms with Crippen molar-refractivity contribution in [2.24, 2.45) is 0 Å². The number of aromatic amines is 1. The van der Waals surface area contributed by atoms with E-state index in [0.29, 0.717) is 22.2 Å². The van der Waals surface area contributed by atoms with E-state index in [2.05, 4.69) is 22.3 Å². The molecule has 158 valence electrons. The second-order valence-electron chi connectivity index (χ2n) is 6.99. The summed E-state index contributed by atoms with van der Waals surface area (Å²) in [7, 11) is 1.64. The Labute approximate surface area is 191 Å². The quantitative estimate of drug-likeness (QED) is 0.329. The van der Waals surface area contributed by atoms with Crippen LogP contribution in [0.2, 0.25) is 5.02 Å². The molecular formula is C24H22ClN3O2S. The molecular weight excluding hydrogens is 430 g/mol. The van der Waals surface area contributed by atoms with E-state index >= 15 is 0 Å². The number of halogens is 1. The van der Waals surface area contributed by atoms with Crippen LogP contribution >= 0.6 is 23.8 Å². The zero-order valence-corrected chi connectivity index (χ0v) is 18.6. The van der Waals surface area contributed by atoms with Crippen molar-refractivity contribution in [1.82, 2.24) is 14.8 Å². The molecule has 5 nitrogen and oxygen atoms in total. The number of aryl methyl sites for hydroxylation is 1. The number of rotatable bonds is 8. The van der Waals surface area contributed by atoms with Gasteiger partial charge in [-0.15, -0.1) is 0 Å². The largest absolute Gasteiger partial charge is 0.496 e. The summed E-state index contributed by atoms with van der Waals surface area (Å²) >= 11 is 11.7. The van der Waals surface area contributed by atoms with Crippen LogP contribution in [0.15, 0.2) is 72.8 Å². The molecule has 0 saturated carbocycles. The van der Waals surface area contributed by atoms with Gasteiger partial charge in [0.15, 0.2) is 10.6 Å². The summed E-state index contributed by atoms with van der Waals surface area (Å²) in [4.78, 5) is 0. The Morgan fingerprint density at radius 2 is 1.77 bits per heavy atom. The van der Waals surface area contributed by atoms with Gasteiger partial charge in [0.2, 0.25) is 0 Å². The van der Waals surface area contributed by atoms with Crippen molar-refractivity contribution in [2.45, 2.75) is 19.6 Å². The Bertz CT molecular complexity index is 1220. The average Bonchev–Trinajstić information content (AvgIpc) is 3.18. The number of para-hydroxylation sites is 1. The van der Waals surface area contributed by atoms with Crippen LogP contribution in [0.25, 0.3) is 11.4 Å². The third-order valence-electron chi connectivity index (χ3n) is 4.98. The minimum Gasteiger partial charge on any atom is -0.496 e. The monoisotopic (exact) mass is 451 g/mol. The summed E-state index contributed by atoms with van der Waals surface area (Å²) in [5, 5.41) is 7.96. The van der Waals surface area contributed by atoms with Gasteiger partial charge in [-0.3, -0.25) is 9.67 Å². The lowest BCUT2D eigenvalue weighted by Crippen LogP contribution is -2.05. The molecule has 0 aliphatic carbocycles. The Hall–Kier alpha value is -3.09. The van der Waals surface area contributed by atoms with E-state index in [-0.39, 0.29) is 0 Å². The van der Waals surface area contributed by atoms with Crippen LogP contribution in [-0.4, -0.2) is 21.9 Å². The zero-order valence-electron chi connectivity index (χ0n) is 17.0. The standard InChI is InChI=1S/C24H22ClN3O2S/c1-29-21-12-11-18(15-19(21)16-30-22-10-6-5-9-20(22)25)23-26-27-24(31)28(23)14-13-17-7-3-2-4-8-17/h2-12,15H,13-14,16H2,1H3,(H,27,31). The van der Waals surface area contributed by atoms with Crippen molar-refractivity contribution >= 4 is 23.8 Å². The second-order valence-corrected chi connectivity index (χ2v) is 7.78. The van der Waals surface area contributed by atoms with E-state index in [9.17, 15) is 0 Å². The number of benzene rings is 3. The normalized spacial score (nSPS) is 10.8. The molecule has 0 amide bonds. The van der Waals surface area contributed by atoms with Gasteiger partial charge in [-0.05, 0) is 54.5 Å². The number of methoxy groups -OCH3 is 1. The molecule has 0 fully saturated rings. The molecule has 0 bridgehead atoms. The molecule has 7 heteroatoms. The molecule has 4 aromatic rings. The molecule has 0 unspecified atom stereocenters. The van der Waals surface area contributed by atoms with Gasteiger partial charge in [0.1, 0.15) is 18.1 Å². The number of nitrogens with zero attached hydrogens (tertiary/aromatic N) is 2. The summed E-state index contributed by atoms with van der Waals surface area (Å²) in [5.74, 6) is 2.14. The third-order valence-corrected chi connectivity index (χ3v) is 5.61. The maximum absolute atomic E-state index is 6.21. The van der Waals surface area contributed by atoms with Crippen LogP contribution in [0.1, 0.15) is 11.1 Å². The van der Waals surface area contributed by atoms with Gasteiger partial charge in [-0.2, -0.15) is 5.10 Å². The minimum absolute atomic E-state index is 0.315. The molecule has 0 spiro atoms. The molecule has 1 heterocycles. The minimum atomic E-state index is 0.315. The Morgan fingerprint density at radius 3 is 2.55 bits per heavy atom. The van der Waals surface area contributed by atoms with Crippen LogP contribution in [0.4, 0.5) is 0 Å². The maximum atomic E-state index is 6.21. The first kappa shape index (κ1) is 21.2.